The van der Waals surface area contributed by atoms with E-state index in [2.05, 4.69) is 11.9 Å². The van der Waals surface area contributed by atoms with Crippen LogP contribution < -0.4 is 5.73 Å². The SMILES string of the molecule is CCCCCCC[C@H](N)c1ccccn1. The number of unbranched alkanes of at least 4 members (excludes halogenated alkanes) is 4. The van der Waals surface area contributed by atoms with Crippen molar-refractivity contribution in [3.8, 4) is 0 Å². The molecule has 0 bridgehead atoms. The summed E-state index contributed by atoms with van der Waals surface area (Å²) in [6.07, 6.45) is 9.37. The standard InChI is InChI=1S/C13H22N2/c1-2-3-4-5-6-9-12(14)13-10-7-8-11-15-13/h7-8,10-12H,2-6,9,14H2,1H3/t12-/m0/s1. The highest BCUT2D eigenvalue weighted by molar-refractivity contribution is 5.07. The Bertz CT molecular complexity index is 246. The molecule has 0 unspecified atom stereocenters. The van der Waals surface area contributed by atoms with E-state index in [0.717, 1.165) is 12.1 Å². The third-order valence-electron chi connectivity index (χ3n) is 2.69. The summed E-state index contributed by atoms with van der Waals surface area (Å²) < 4.78 is 0. The lowest BCUT2D eigenvalue weighted by atomic mass is 10.0. The molecule has 15 heavy (non-hydrogen) atoms. The van der Waals surface area contributed by atoms with Crippen molar-refractivity contribution in [2.75, 3.05) is 0 Å². The lowest BCUT2D eigenvalue weighted by molar-refractivity contribution is 0.548. The van der Waals surface area contributed by atoms with Crippen LogP contribution in [0, 0.1) is 0 Å². The molecule has 1 aromatic rings. The first-order valence-corrected chi connectivity index (χ1v) is 6.01. The van der Waals surface area contributed by atoms with E-state index in [-0.39, 0.29) is 6.04 Å². The molecular weight excluding hydrogens is 184 g/mol. The molecule has 1 atom stereocenters. The number of rotatable bonds is 7. The van der Waals surface area contributed by atoms with Crippen LogP contribution >= 0.6 is 0 Å². The highest BCUT2D eigenvalue weighted by atomic mass is 14.8. The van der Waals surface area contributed by atoms with E-state index < -0.39 is 0 Å². The molecule has 0 aliphatic rings. The maximum absolute atomic E-state index is 6.05. The van der Waals surface area contributed by atoms with E-state index in [1.807, 2.05) is 24.4 Å². The van der Waals surface area contributed by atoms with E-state index >= 15 is 0 Å². The average Bonchev–Trinajstić information content (AvgIpc) is 2.30. The van der Waals surface area contributed by atoms with Gasteiger partial charge in [-0.1, -0.05) is 45.1 Å². The molecule has 0 fully saturated rings. The van der Waals surface area contributed by atoms with Gasteiger partial charge in [0.2, 0.25) is 0 Å². The molecular formula is C13H22N2. The van der Waals surface area contributed by atoms with Gasteiger partial charge in [-0.25, -0.2) is 0 Å². The zero-order valence-corrected chi connectivity index (χ0v) is 9.65. The maximum atomic E-state index is 6.05. The van der Waals surface area contributed by atoms with Gasteiger partial charge in [0, 0.05) is 12.2 Å². The van der Waals surface area contributed by atoms with E-state index in [9.17, 15) is 0 Å². The summed E-state index contributed by atoms with van der Waals surface area (Å²) >= 11 is 0. The Morgan fingerprint density at radius 1 is 1.20 bits per heavy atom. The Kier molecular flexibility index (Phi) is 6.02. The molecule has 0 amide bonds. The Morgan fingerprint density at radius 2 is 2.00 bits per heavy atom. The lowest BCUT2D eigenvalue weighted by Crippen LogP contribution is -2.11. The number of hydrogen-bond acceptors (Lipinski definition) is 2. The van der Waals surface area contributed by atoms with Crippen LogP contribution in [0.2, 0.25) is 0 Å². The van der Waals surface area contributed by atoms with Crippen molar-refractivity contribution in [2.45, 2.75) is 51.5 Å². The summed E-state index contributed by atoms with van der Waals surface area (Å²) in [6, 6.07) is 6.06. The summed E-state index contributed by atoms with van der Waals surface area (Å²) in [7, 11) is 0. The van der Waals surface area contributed by atoms with Crippen LogP contribution in [-0.2, 0) is 0 Å². The zero-order valence-electron chi connectivity index (χ0n) is 9.65. The Morgan fingerprint density at radius 3 is 2.67 bits per heavy atom. The van der Waals surface area contributed by atoms with E-state index in [1.54, 1.807) is 0 Å². The van der Waals surface area contributed by atoms with Crippen LogP contribution in [0.25, 0.3) is 0 Å². The molecule has 1 rings (SSSR count). The Hall–Kier alpha value is -0.890. The molecule has 0 aliphatic carbocycles. The van der Waals surface area contributed by atoms with Crippen molar-refractivity contribution in [2.24, 2.45) is 5.73 Å². The van der Waals surface area contributed by atoms with Crippen LogP contribution in [-0.4, -0.2) is 4.98 Å². The minimum absolute atomic E-state index is 0.118. The summed E-state index contributed by atoms with van der Waals surface area (Å²) in [5, 5.41) is 0. The van der Waals surface area contributed by atoms with Crippen molar-refractivity contribution in [1.82, 2.24) is 4.98 Å². The van der Waals surface area contributed by atoms with Gasteiger partial charge < -0.3 is 5.73 Å². The summed E-state index contributed by atoms with van der Waals surface area (Å²) in [6.45, 7) is 2.24. The van der Waals surface area contributed by atoms with Crippen LogP contribution in [0.5, 0.6) is 0 Å². The summed E-state index contributed by atoms with van der Waals surface area (Å²) in [5.74, 6) is 0. The van der Waals surface area contributed by atoms with Gasteiger partial charge in [0.1, 0.15) is 0 Å². The highest BCUT2D eigenvalue weighted by Crippen LogP contribution is 2.15. The number of nitrogens with zero attached hydrogens (tertiary/aromatic N) is 1. The van der Waals surface area contributed by atoms with Crippen molar-refractivity contribution in [3.63, 3.8) is 0 Å². The molecule has 0 aromatic carbocycles. The molecule has 2 heteroatoms. The fourth-order valence-corrected chi connectivity index (χ4v) is 1.71. The monoisotopic (exact) mass is 206 g/mol. The molecule has 1 heterocycles. The van der Waals surface area contributed by atoms with E-state index in [4.69, 9.17) is 5.73 Å². The predicted molar refractivity (Wildman–Crippen MR) is 64.5 cm³/mol. The minimum atomic E-state index is 0.118. The first-order chi connectivity index (χ1) is 7.34. The Labute approximate surface area is 92.9 Å². The molecule has 1 aromatic heterocycles. The zero-order chi connectivity index (χ0) is 10.9. The molecule has 2 N–H and O–H groups in total. The topological polar surface area (TPSA) is 38.9 Å². The quantitative estimate of drug-likeness (QED) is 0.694. The molecule has 84 valence electrons. The van der Waals surface area contributed by atoms with Gasteiger partial charge >= 0.3 is 0 Å². The molecule has 2 nitrogen and oxygen atoms in total. The van der Waals surface area contributed by atoms with Crippen molar-refractivity contribution >= 4 is 0 Å². The molecule has 0 saturated heterocycles. The number of aromatic nitrogens is 1. The predicted octanol–water partition coefficient (Wildman–Crippen LogP) is 3.44. The van der Waals surface area contributed by atoms with Crippen LogP contribution in [0.4, 0.5) is 0 Å². The molecule has 0 radical (unpaired) electrons. The second kappa shape index (κ2) is 7.41. The van der Waals surface area contributed by atoms with E-state index in [1.165, 1.54) is 32.1 Å². The van der Waals surface area contributed by atoms with Gasteiger partial charge in [-0.2, -0.15) is 0 Å². The van der Waals surface area contributed by atoms with Gasteiger partial charge in [-0.05, 0) is 18.6 Å². The van der Waals surface area contributed by atoms with Gasteiger partial charge in [0.05, 0.1) is 5.69 Å². The molecule has 0 saturated carbocycles. The molecule has 0 aliphatic heterocycles. The van der Waals surface area contributed by atoms with Crippen LogP contribution in [0.3, 0.4) is 0 Å². The Balaban J connectivity index is 2.16. The van der Waals surface area contributed by atoms with Crippen molar-refractivity contribution in [3.05, 3.63) is 30.1 Å². The largest absolute Gasteiger partial charge is 0.323 e. The van der Waals surface area contributed by atoms with Crippen molar-refractivity contribution in [1.29, 1.82) is 0 Å². The summed E-state index contributed by atoms with van der Waals surface area (Å²) in [4.78, 5) is 4.27. The summed E-state index contributed by atoms with van der Waals surface area (Å²) in [5.41, 5.74) is 7.07. The number of nitrogens with two attached hydrogens (primary N) is 1. The smallest absolute Gasteiger partial charge is 0.0570 e. The van der Waals surface area contributed by atoms with Gasteiger partial charge in [-0.3, -0.25) is 4.98 Å². The number of hydrogen-bond donors (Lipinski definition) is 1. The minimum Gasteiger partial charge on any atom is -0.323 e. The fraction of sp³-hybridized carbons (Fsp3) is 0.615. The van der Waals surface area contributed by atoms with E-state index in [0.29, 0.717) is 0 Å². The van der Waals surface area contributed by atoms with Crippen molar-refractivity contribution < 1.29 is 0 Å². The van der Waals surface area contributed by atoms with Crippen LogP contribution in [0.1, 0.15) is 57.2 Å². The second-order valence-electron chi connectivity index (χ2n) is 4.06. The van der Waals surface area contributed by atoms with Gasteiger partial charge in [0.25, 0.3) is 0 Å². The highest BCUT2D eigenvalue weighted by Gasteiger charge is 2.05. The fourth-order valence-electron chi connectivity index (χ4n) is 1.71. The number of pyridine rings is 1. The third kappa shape index (κ3) is 4.93. The first-order valence-electron chi connectivity index (χ1n) is 6.01. The van der Waals surface area contributed by atoms with Gasteiger partial charge in [-0.15, -0.1) is 0 Å². The second-order valence-corrected chi connectivity index (χ2v) is 4.06. The lowest BCUT2D eigenvalue weighted by Gasteiger charge is -2.10. The van der Waals surface area contributed by atoms with Gasteiger partial charge in [0.15, 0.2) is 0 Å². The van der Waals surface area contributed by atoms with Crippen LogP contribution in [0.15, 0.2) is 24.4 Å². The molecule has 0 spiro atoms. The normalized spacial score (nSPS) is 12.7. The average molecular weight is 206 g/mol. The maximum Gasteiger partial charge on any atom is 0.0570 e. The third-order valence-corrected chi connectivity index (χ3v) is 2.69. The first kappa shape index (κ1) is 12.2.